The maximum atomic E-state index is 15.6. The van der Waals surface area contributed by atoms with Gasteiger partial charge in [-0.3, -0.25) is 0 Å². The predicted octanol–water partition coefficient (Wildman–Crippen LogP) is 16.7. The van der Waals surface area contributed by atoms with E-state index in [0.717, 1.165) is 88.7 Å². The number of anilines is 3. The minimum absolute atomic E-state index is 0.248. The molecule has 1 heterocycles. The van der Waals surface area contributed by atoms with Crippen LogP contribution < -0.4 is 4.90 Å². The van der Waals surface area contributed by atoms with Gasteiger partial charge in [0.25, 0.3) is 0 Å². The van der Waals surface area contributed by atoms with Crippen LogP contribution in [0, 0.1) is 5.82 Å². The first-order valence-corrected chi connectivity index (χ1v) is 20.6. The summed E-state index contributed by atoms with van der Waals surface area (Å²) in [5, 5.41) is 4.18. The van der Waals surface area contributed by atoms with Crippen LogP contribution in [0.3, 0.4) is 0 Å². The molecule has 2 nitrogen and oxygen atoms in total. The molecule has 0 spiro atoms. The highest BCUT2D eigenvalue weighted by Gasteiger charge is 2.23. The highest BCUT2D eigenvalue weighted by molar-refractivity contribution is 6.10. The number of furan rings is 1. The van der Waals surface area contributed by atoms with Gasteiger partial charge < -0.3 is 9.32 Å². The third-order valence-electron chi connectivity index (χ3n) is 11.8. The Hall–Kier alpha value is -8.01. The van der Waals surface area contributed by atoms with Crippen LogP contribution in [0.1, 0.15) is 0 Å². The van der Waals surface area contributed by atoms with Crippen molar-refractivity contribution in [1.82, 2.24) is 0 Å². The minimum atomic E-state index is -0.248. The summed E-state index contributed by atoms with van der Waals surface area (Å²) in [7, 11) is 0. The van der Waals surface area contributed by atoms with Crippen LogP contribution in [0.5, 0.6) is 0 Å². The number of para-hydroxylation sites is 2. The van der Waals surface area contributed by atoms with E-state index in [0.29, 0.717) is 5.56 Å². The molecule has 0 radical (unpaired) electrons. The highest BCUT2D eigenvalue weighted by atomic mass is 19.1. The molecule has 0 saturated heterocycles. The lowest BCUT2D eigenvalue weighted by Crippen LogP contribution is -2.11. The van der Waals surface area contributed by atoms with Crippen LogP contribution in [0.2, 0.25) is 0 Å². The monoisotopic (exact) mass is 783 g/mol. The van der Waals surface area contributed by atoms with Gasteiger partial charge in [-0.2, -0.15) is 0 Å². The number of benzene rings is 10. The van der Waals surface area contributed by atoms with Gasteiger partial charge in [-0.1, -0.05) is 182 Å². The molecule has 11 aromatic rings. The van der Waals surface area contributed by atoms with Crippen molar-refractivity contribution in [2.75, 3.05) is 4.90 Å². The summed E-state index contributed by atoms with van der Waals surface area (Å²) in [6.45, 7) is 0. The first-order valence-electron chi connectivity index (χ1n) is 20.6. The molecular formula is C58H38FNO. The van der Waals surface area contributed by atoms with Crippen molar-refractivity contribution < 1.29 is 8.81 Å². The second-order valence-corrected chi connectivity index (χ2v) is 15.4. The number of hydrogen-bond donors (Lipinski definition) is 0. The van der Waals surface area contributed by atoms with Crippen molar-refractivity contribution in [1.29, 1.82) is 0 Å². The van der Waals surface area contributed by atoms with Gasteiger partial charge in [-0.25, -0.2) is 4.39 Å². The van der Waals surface area contributed by atoms with E-state index in [1.54, 1.807) is 6.07 Å². The smallest absolute Gasteiger partial charge is 0.137 e. The number of rotatable bonds is 8. The Labute approximate surface area is 354 Å². The molecule has 11 rings (SSSR count). The number of halogens is 1. The first-order chi connectivity index (χ1) is 30.2. The summed E-state index contributed by atoms with van der Waals surface area (Å²) in [5.74, 6) is -0.248. The molecule has 0 saturated carbocycles. The van der Waals surface area contributed by atoms with Gasteiger partial charge in [-0.15, -0.1) is 0 Å². The Balaban J connectivity index is 1.14. The van der Waals surface area contributed by atoms with Crippen molar-refractivity contribution in [2.24, 2.45) is 0 Å². The minimum Gasteiger partial charge on any atom is -0.456 e. The third kappa shape index (κ3) is 6.54. The van der Waals surface area contributed by atoms with Crippen LogP contribution in [-0.2, 0) is 0 Å². The Morgan fingerprint density at radius 1 is 0.328 bits per heavy atom. The Morgan fingerprint density at radius 2 is 0.869 bits per heavy atom. The van der Waals surface area contributed by atoms with E-state index in [-0.39, 0.29) is 5.82 Å². The largest absolute Gasteiger partial charge is 0.456 e. The van der Waals surface area contributed by atoms with E-state index in [2.05, 4.69) is 181 Å². The van der Waals surface area contributed by atoms with Crippen LogP contribution in [0.25, 0.3) is 88.3 Å². The van der Waals surface area contributed by atoms with Crippen molar-refractivity contribution in [2.45, 2.75) is 0 Å². The fourth-order valence-corrected chi connectivity index (χ4v) is 8.90. The van der Waals surface area contributed by atoms with Crippen LogP contribution in [0.4, 0.5) is 21.5 Å². The first kappa shape index (κ1) is 36.1. The summed E-state index contributed by atoms with van der Waals surface area (Å²) >= 11 is 0. The zero-order valence-electron chi connectivity index (χ0n) is 33.2. The number of nitrogens with zero attached hydrogens (tertiary/aromatic N) is 1. The van der Waals surface area contributed by atoms with Gasteiger partial charge in [-0.05, 0) is 97.7 Å². The normalized spacial score (nSPS) is 11.4. The lowest BCUT2D eigenvalue weighted by Gasteiger charge is -2.29. The lowest BCUT2D eigenvalue weighted by atomic mass is 9.90. The molecule has 0 amide bonds. The fraction of sp³-hybridized carbons (Fsp3) is 0. The van der Waals surface area contributed by atoms with Crippen molar-refractivity contribution in [3.63, 3.8) is 0 Å². The van der Waals surface area contributed by atoms with E-state index < -0.39 is 0 Å². The molecule has 0 bridgehead atoms. The average Bonchev–Trinajstić information content (AvgIpc) is 3.70. The van der Waals surface area contributed by atoms with Crippen LogP contribution in [0.15, 0.2) is 235 Å². The zero-order valence-corrected chi connectivity index (χ0v) is 33.2. The van der Waals surface area contributed by atoms with Gasteiger partial charge in [0.1, 0.15) is 17.0 Å². The Kier molecular flexibility index (Phi) is 9.05. The summed E-state index contributed by atoms with van der Waals surface area (Å²) < 4.78 is 22.1. The molecular weight excluding hydrogens is 746 g/mol. The molecule has 10 aromatic carbocycles. The average molecular weight is 784 g/mol. The van der Waals surface area contributed by atoms with Gasteiger partial charge in [0.15, 0.2) is 0 Å². The second-order valence-electron chi connectivity index (χ2n) is 15.4. The number of fused-ring (bicyclic) bond motifs is 4. The lowest BCUT2D eigenvalue weighted by molar-refractivity contribution is 0.631. The van der Waals surface area contributed by atoms with Crippen molar-refractivity contribution in [3.8, 4) is 55.6 Å². The van der Waals surface area contributed by atoms with E-state index in [1.165, 1.54) is 17.2 Å². The molecule has 0 unspecified atom stereocenters. The molecule has 0 atom stereocenters. The summed E-state index contributed by atoms with van der Waals surface area (Å²) in [6, 6.07) is 79.5. The molecule has 0 N–H and O–H groups in total. The molecule has 61 heavy (non-hydrogen) atoms. The molecule has 0 aliphatic heterocycles. The topological polar surface area (TPSA) is 16.4 Å². The SMILES string of the molecule is Fc1ccccc1-c1cccc2cccc(-c3ccccc3N(c3ccc(-c4ccc(-c5ccccc5)cc4)c(-c4ccccc4)c3)c3ccc4c(c3)oc3ccccc34)c12. The maximum absolute atomic E-state index is 15.6. The molecule has 0 aliphatic carbocycles. The molecule has 0 aliphatic rings. The van der Waals surface area contributed by atoms with E-state index >= 15 is 4.39 Å². The highest BCUT2D eigenvalue weighted by Crippen LogP contribution is 2.47. The molecule has 3 heteroatoms. The molecule has 288 valence electrons. The molecule has 1 aromatic heterocycles. The Bertz CT molecular complexity index is 3360. The van der Waals surface area contributed by atoms with Gasteiger partial charge in [0.05, 0.1) is 5.69 Å². The second kappa shape index (κ2) is 15.3. The third-order valence-corrected chi connectivity index (χ3v) is 11.8. The summed E-state index contributed by atoms with van der Waals surface area (Å²) in [4.78, 5) is 2.33. The quantitative estimate of drug-likeness (QED) is 0.153. The van der Waals surface area contributed by atoms with Crippen molar-refractivity contribution >= 4 is 49.8 Å². The zero-order chi connectivity index (χ0) is 40.7. The van der Waals surface area contributed by atoms with E-state index in [4.69, 9.17) is 4.42 Å². The fourth-order valence-electron chi connectivity index (χ4n) is 8.90. The van der Waals surface area contributed by atoms with E-state index in [9.17, 15) is 0 Å². The van der Waals surface area contributed by atoms with Crippen molar-refractivity contribution in [3.05, 3.63) is 236 Å². The van der Waals surface area contributed by atoms with Gasteiger partial charge >= 0.3 is 0 Å². The maximum Gasteiger partial charge on any atom is 0.137 e. The Morgan fingerprint density at radius 3 is 1.64 bits per heavy atom. The van der Waals surface area contributed by atoms with Crippen LogP contribution >= 0.6 is 0 Å². The standard InChI is InChI=1S/C58H38FNO/c59-54-26-10-7-21-47(54)51-24-13-19-43-20-14-25-52(58(43)51)48-22-8-11-27-55(48)60(45-34-36-50-49-23-9-12-28-56(49)61-57(50)38-45)44-33-35-46(53(37-44)41-17-5-2-6-18-41)42-31-29-40(30-32-42)39-15-3-1-4-16-39/h1-38H. The number of hydrogen-bond acceptors (Lipinski definition) is 2. The summed E-state index contributed by atoms with van der Waals surface area (Å²) in [5.41, 5.74) is 14.9. The van der Waals surface area contributed by atoms with Crippen LogP contribution in [-0.4, -0.2) is 0 Å². The van der Waals surface area contributed by atoms with Gasteiger partial charge in [0.2, 0.25) is 0 Å². The predicted molar refractivity (Wildman–Crippen MR) is 253 cm³/mol. The summed E-state index contributed by atoms with van der Waals surface area (Å²) in [6.07, 6.45) is 0. The molecule has 0 fully saturated rings. The van der Waals surface area contributed by atoms with Gasteiger partial charge in [0, 0.05) is 39.3 Å². The van der Waals surface area contributed by atoms with E-state index in [1.807, 2.05) is 42.5 Å².